The molecule has 5 heteroatoms. The lowest BCUT2D eigenvalue weighted by atomic mass is 10.0. The van der Waals surface area contributed by atoms with Crippen molar-refractivity contribution >= 4 is 34.1 Å². The smallest absolute Gasteiger partial charge is 0.228 e. The van der Waals surface area contributed by atoms with Gasteiger partial charge in [0.25, 0.3) is 0 Å². The van der Waals surface area contributed by atoms with E-state index in [4.69, 9.17) is 17.3 Å². The number of hydrogen-bond acceptors (Lipinski definition) is 3. The normalized spacial score (nSPS) is 12.3. The molecular weight excluding hydrogens is 274 g/mol. The molecule has 2 aromatic rings. The molecule has 0 radical (unpaired) electrons. The van der Waals surface area contributed by atoms with Crippen LogP contribution in [0.3, 0.4) is 0 Å². The van der Waals surface area contributed by atoms with Crippen molar-refractivity contribution in [2.75, 3.05) is 11.9 Å². The van der Waals surface area contributed by atoms with Crippen molar-refractivity contribution in [3.05, 3.63) is 35.5 Å². The third-order valence-electron chi connectivity index (χ3n) is 3.27. The van der Waals surface area contributed by atoms with Crippen LogP contribution in [0.15, 0.2) is 30.5 Å². The van der Waals surface area contributed by atoms with Crippen LogP contribution in [0.4, 0.5) is 5.69 Å². The zero-order chi connectivity index (χ0) is 14.5. The van der Waals surface area contributed by atoms with E-state index in [2.05, 4.69) is 10.3 Å². The van der Waals surface area contributed by atoms with Crippen LogP contribution in [0.25, 0.3) is 10.9 Å². The van der Waals surface area contributed by atoms with E-state index in [1.807, 2.05) is 19.1 Å². The van der Waals surface area contributed by atoms with Gasteiger partial charge in [-0.25, -0.2) is 0 Å². The minimum Gasteiger partial charge on any atom is -0.330 e. The fourth-order valence-electron chi connectivity index (χ4n) is 2.19. The number of amides is 1. The Morgan fingerprint density at radius 1 is 1.45 bits per heavy atom. The van der Waals surface area contributed by atoms with Crippen LogP contribution in [0.5, 0.6) is 0 Å². The minimum atomic E-state index is -0.164. The highest BCUT2D eigenvalue weighted by Gasteiger charge is 2.17. The summed E-state index contributed by atoms with van der Waals surface area (Å²) >= 11 is 6.11. The van der Waals surface area contributed by atoms with E-state index < -0.39 is 0 Å². The van der Waals surface area contributed by atoms with E-state index >= 15 is 0 Å². The van der Waals surface area contributed by atoms with Crippen molar-refractivity contribution < 1.29 is 4.79 Å². The van der Waals surface area contributed by atoms with Gasteiger partial charge in [-0.1, -0.05) is 24.9 Å². The number of rotatable bonds is 5. The molecule has 2 rings (SSSR count). The zero-order valence-electron chi connectivity index (χ0n) is 11.4. The number of benzene rings is 1. The molecule has 1 aromatic carbocycles. The van der Waals surface area contributed by atoms with Crippen LogP contribution in [-0.4, -0.2) is 17.4 Å². The first-order valence-corrected chi connectivity index (χ1v) is 7.09. The first-order valence-electron chi connectivity index (χ1n) is 6.71. The largest absolute Gasteiger partial charge is 0.330 e. The standard InChI is InChI=1S/C15H18ClN3O/c1-2-4-10(9-17)15(20)19-13-7-6-12(16)14-11(13)5-3-8-18-14/h3,5-8,10H,2,4,9,17H2,1H3,(H,19,20). The number of nitrogens with one attached hydrogen (secondary N) is 1. The number of hydrogen-bond donors (Lipinski definition) is 2. The van der Waals surface area contributed by atoms with E-state index in [0.29, 0.717) is 17.1 Å². The van der Waals surface area contributed by atoms with Gasteiger partial charge in [0, 0.05) is 18.1 Å². The maximum absolute atomic E-state index is 12.2. The zero-order valence-corrected chi connectivity index (χ0v) is 12.2. The Hall–Kier alpha value is -1.65. The average molecular weight is 292 g/mol. The Kier molecular flexibility index (Phi) is 4.93. The van der Waals surface area contributed by atoms with E-state index in [-0.39, 0.29) is 11.8 Å². The number of fused-ring (bicyclic) bond motifs is 1. The molecule has 0 fully saturated rings. The Labute approximate surface area is 123 Å². The summed E-state index contributed by atoms with van der Waals surface area (Å²) in [4.78, 5) is 16.5. The molecule has 1 unspecified atom stereocenters. The molecule has 20 heavy (non-hydrogen) atoms. The molecule has 0 spiro atoms. The molecular formula is C15H18ClN3O. The first-order chi connectivity index (χ1) is 9.67. The third-order valence-corrected chi connectivity index (χ3v) is 3.58. The molecule has 0 saturated heterocycles. The third kappa shape index (κ3) is 3.08. The monoisotopic (exact) mass is 291 g/mol. The summed E-state index contributed by atoms with van der Waals surface area (Å²) in [5.74, 6) is -0.218. The molecule has 4 nitrogen and oxygen atoms in total. The van der Waals surface area contributed by atoms with Gasteiger partial charge >= 0.3 is 0 Å². The van der Waals surface area contributed by atoms with Gasteiger partial charge in [-0.05, 0) is 30.7 Å². The van der Waals surface area contributed by atoms with Gasteiger partial charge in [-0.2, -0.15) is 0 Å². The van der Waals surface area contributed by atoms with E-state index in [1.165, 1.54) is 0 Å². The lowest BCUT2D eigenvalue weighted by Crippen LogP contribution is -2.29. The van der Waals surface area contributed by atoms with E-state index in [1.54, 1.807) is 18.3 Å². The van der Waals surface area contributed by atoms with Crippen molar-refractivity contribution in [3.63, 3.8) is 0 Å². The molecule has 0 bridgehead atoms. The van der Waals surface area contributed by atoms with Crippen molar-refractivity contribution in [3.8, 4) is 0 Å². The number of carbonyl (C=O) groups excluding carboxylic acids is 1. The molecule has 0 saturated carbocycles. The highest BCUT2D eigenvalue weighted by atomic mass is 35.5. The minimum absolute atomic E-state index is 0.0539. The average Bonchev–Trinajstić information content (AvgIpc) is 2.48. The van der Waals surface area contributed by atoms with Crippen molar-refractivity contribution in [1.82, 2.24) is 4.98 Å². The quantitative estimate of drug-likeness (QED) is 0.889. The first kappa shape index (κ1) is 14.8. The fraction of sp³-hybridized carbons (Fsp3) is 0.333. The SMILES string of the molecule is CCCC(CN)C(=O)Nc1ccc(Cl)c2ncccc12. The second kappa shape index (κ2) is 6.68. The van der Waals surface area contributed by atoms with Gasteiger partial charge < -0.3 is 11.1 Å². The maximum Gasteiger partial charge on any atom is 0.228 e. The van der Waals surface area contributed by atoms with Crippen LogP contribution < -0.4 is 11.1 Å². The second-order valence-corrected chi connectivity index (χ2v) is 5.11. The maximum atomic E-state index is 12.2. The Bertz CT molecular complexity index is 615. The molecule has 1 atom stereocenters. The summed E-state index contributed by atoms with van der Waals surface area (Å²) in [5, 5.41) is 4.34. The highest BCUT2D eigenvalue weighted by Crippen LogP contribution is 2.28. The summed E-state index contributed by atoms with van der Waals surface area (Å²) in [6.07, 6.45) is 3.39. The van der Waals surface area contributed by atoms with Crippen LogP contribution in [0, 0.1) is 5.92 Å². The van der Waals surface area contributed by atoms with Gasteiger partial charge in [0.2, 0.25) is 5.91 Å². The molecule has 106 valence electrons. The number of nitrogens with zero attached hydrogens (tertiary/aromatic N) is 1. The van der Waals surface area contributed by atoms with Crippen LogP contribution in [0.2, 0.25) is 5.02 Å². The summed E-state index contributed by atoms with van der Waals surface area (Å²) in [6, 6.07) is 7.25. The van der Waals surface area contributed by atoms with Gasteiger partial charge in [0.1, 0.15) is 0 Å². The van der Waals surface area contributed by atoms with Crippen LogP contribution >= 0.6 is 11.6 Å². The van der Waals surface area contributed by atoms with E-state index in [9.17, 15) is 4.79 Å². The predicted octanol–water partition coefficient (Wildman–Crippen LogP) is 3.20. The Balaban J connectivity index is 2.30. The summed E-state index contributed by atoms with van der Waals surface area (Å²) in [7, 11) is 0. The summed E-state index contributed by atoms with van der Waals surface area (Å²) in [6.45, 7) is 2.39. The second-order valence-electron chi connectivity index (χ2n) is 4.71. The number of pyridine rings is 1. The highest BCUT2D eigenvalue weighted by molar-refractivity contribution is 6.35. The summed E-state index contributed by atoms with van der Waals surface area (Å²) < 4.78 is 0. The van der Waals surface area contributed by atoms with Gasteiger partial charge in [-0.15, -0.1) is 0 Å². The van der Waals surface area contributed by atoms with Gasteiger partial charge in [0.05, 0.1) is 22.1 Å². The predicted molar refractivity (Wildman–Crippen MR) is 82.8 cm³/mol. The fourth-order valence-corrected chi connectivity index (χ4v) is 2.40. The van der Waals surface area contributed by atoms with Crippen LogP contribution in [-0.2, 0) is 4.79 Å². The van der Waals surface area contributed by atoms with Crippen molar-refractivity contribution in [2.24, 2.45) is 11.7 Å². The molecule has 1 aromatic heterocycles. The Morgan fingerprint density at radius 3 is 2.95 bits per heavy atom. The molecule has 1 heterocycles. The molecule has 0 aliphatic carbocycles. The molecule has 0 aliphatic heterocycles. The van der Waals surface area contributed by atoms with Crippen LogP contribution in [0.1, 0.15) is 19.8 Å². The van der Waals surface area contributed by atoms with Gasteiger partial charge in [-0.3, -0.25) is 9.78 Å². The molecule has 1 amide bonds. The lowest BCUT2D eigenvalue weighted by molar-refractivity contribution is -0.119. The number of halogens is 1. The number of carbonyl (C=O) groups is 1. The summed E-state index contributed by atoms with van der Waals surface area (Å²) in [5.41, 5.74) is 7.06. The lowest BCUT2D eigenvalue weighted by Gasteiger charge is -2.15. The number of aromatic nitrogens is 1. The molecule has 0 aliphatic rings. The van der Waals surface area contributed by atoms with Crippen molar-refractivity contribution in [2.45, 2.75) is 19.8 Å². The molecule has 3 N–H and O–H groups in total. The number of anilines is 1. The number of nitrogens with two attached hydrogens (primary N) is 1. The van der Waals surface area contributed by atoms with Crippen molar-refractivity contribution in [1.29, 1.82) is 0 Å². The van der Waals surface area contributed by atoms with Gasteiger partial charge in [0.15, 0.2) is 0 Å². The van der Waals surface area contributed by atoms with E-state index in [0.717, 1.165) is 23.9 Å². The topological polar surface area (TPSA) is 68.0 Å². The Morgan fingerprint density at radius 2 is 2.25 bits per heavy atom.